The SMILES string of the molecule is COc1cc(/C=N\N2C(=O)c3ccccc3C2=O)cc([N+](=O)[O-])c1[O-]. The predicted octanol–water partition coefficient (Wildman–Crippen LogP) is 1.31. The summed E-state index contributed by atoms with van der Waals surface area (Å²) in [7, 11) is 1.20. The number of amides is 2. The van der Waals surface area contributed by atoms with E-state index in [4.69, 9.17) is 4.74 Å². The third-order valence-corrected chi connectivity index (χ3v) is 3.57. The van der Waals surface area contributed by atoms with Gasteiger partial charge in [-0.2, -0.15) is 10.1 Å². The second-order valence-electron chi connectivity index (χ2n) is 5.04. The van der Waals surface area contributed by atoms with Gasteiger partial charge in [0, 0.05) is 17.4 Å². The molecule has 0 fully saturated rings. The molecule has 0 spiro atoms. The molecule has 126 valence electrons. The van der Waals surface area contributed by atoms with Gasteiger partial charge in [0.15, 0.2) is 0 Å². The molecule has 0 bridgehead atoms. The number of nitro benzene ring substituents is 1. The molecular weight excluding hydrogens is 330 g/mol. The average Bonchev–Trinajstić information content (AvgIpc) is 2.85. The molecule has 0 aromatic heterocycles. The molecule has 0 N–H and O–H groups in total. The number of imide groups is 1. The van der Waals surface area contributed by atoms with Crippen LogP contribution in [-0.4, -0.2) is 35.1 Å². The third kappa shape index (κ3) is 2.67. The highest BCUT2D eigenvalue weighted by Gasteiger charge is 2.35. The molecule has 0 saturated carbocycles. The van der Waals surface area contributed by atoms with E-state index in [2.05, 4.69) is 5.10 Å². The summed E-state index contributed by atoms with van der Waals surface area (Å²) in [5.74, 6) is -2.30. The fraction of sp³-hybridized carbons (Fsp3) is 0.0625. The van der Waals surface area contributed by atoms with Gasteiger partial charge < -0.3 is 9.84 Å². The van der Waals surface area contributed by atoms with Crippen molar-refractivity contribution in [2.24, 2.45) is 5.10 Å². The number of nitrogens with zero attached hydrogens (tertiary/aromatic N) is 3. The number of hydrogen-bond donors (Lipinski definition) is 0. The molecule has 0 radical (unpaired) electrons. The second kappa shape index (κ2) is 6.04. The van der Waals surface area contributed by atoms with E-state index >= 15 is 0 Å². The predicted molar refractivity (Wildman–Crippen MR) is 83.6 cm³/mol. The van der Waals surface area contributed by atoms with Crippen molar-refractivity contribution in [3.8, 4) is 11.5 Å². The zero-order valence-electron chi connectivity index (χ0n) is 12.8. The lowest BCUT2D eigenvalue weighted by Crippen LogP contribution is -2.24. The molecule has 1 heterocycles. The summed E-state index contributed by atoms with van der Waals surface area (Å²) >= 11 is 0. The molecule has 3 rings (SSSR count). The topological polar surface area (TPSA) is 125 Å². The summed E-state index contributed by atoms with van der Waals surface area (Å²) in [5, 5.41) is 27.2. The maximum absolute atomic E-state index is 12.2. The first-order chi connectivity index (χ1) is 11.9. The number of fused-ring (bicyclic) bond motifs is 1. The number of hydrazone groups is 1. The van der Waals surface area contributed by atoms with Crippen LogP contribution in [0.25, 0.3) is 0 Å². The zero-order valence-corrected chi connectivity index (χ0v) is 12.8. The highest BCUT2D eigenvalue weighted by molar-refractivity contribution is 6.21. The number of carbonyl (C=O) groups is 2. The molecule has 9 heteroatoms. The molecule has 25 heavy (non-hydrogen) atoms. The number of hydrogen-bond acceptors (Lipinski definition) is 7. The van der Waals surface area contributed by atoms with E-state index in [0.717, 1.165) is 12.3 Å². The van der Waals surface area contributed by atoms with Crippen LogP contribution < -0.4 is 9.84 Å². The molecule has 1 aliphatic rings. The number of methoxy groups -OCH3 is 1. The minimum absolute atomic E-state index is 0.139. The Hall–Kier alpha value is -3.75. The van der Waals surface area contributed by atoms with Crippen LogP contribution in [0.2, 0.25) is 0 Å². The van der Waals surface area contributed by atoms with Crippen LogP contribution in [0.5, 0.6) is 11.5 Å². The van der Waals surface area contributed by atoms with Crippen molar-refractivity contribution >= 4 is 23.7 Å². The summed E-state index contributed by atoms with van der Waals surface area (Å²) in [6.45, 7) is 0. The van der Waals surface area contributed by atoms with Gasteiger partial charge in [-0.05, 0) is 18.2 Å². The lowest BCUT2D eigenvalue weighted by molar-refractivity contribution is -0.398. The molecule has 0 aliphatic carbocycles. The van der Waals surface area contributed by atoms with Crippen LogP contribution in [0.15, 0.2) is 41.5 Å². The van der Waals surface area contributed by atoms with Crippen LogP contribution in [0.1, 0.15) is 26.3 Å². The number of benzene rings is 2. The summed E-state index contributed by atoms with van der Waals surface area (Å²) in [5.41, 5.74) is -0.103. The van der Waals surface area contributed by atoms with E-state index in [1.807, 2.05) is 0 Å². The van der Waals surface area contributed by atoms with E-state index < -0.39 is 28.2 Å². The minimum atomic E-state index is -0.870. The monoisotopic (exact) mass is 340 g/mol. The summed E-state index contributed by atoms with van der Waals surface area (Å²) < 4.78 is 4.82. The summed E-state index contributed by atoms with van der Waals surface area (Å²) in [6, 6.07) is 8.48. The smallest absolute Gasteiger partial charge is 0.282 e. The van der Waals surface area contributed by atoms with Crippen LogP contribution in [0, 0.1) is 10.1 Å². The van der Waals surface area contributed by atoms with Gasteiger partial charge in [-0.15, -0.1) is 0 Å². The van der Waals surface area contributed by atoms with E-state index in [1.165, 1.54) is 25.3 Å². The van der Waals surface area contributed by atoms with Crippen molar-refractivity contribution in [2.45, 2.75) is 0 Å². The van der Waals surface area contributed by atoms with Gasteiger partial charge in [-0.1, -0.05) is 12.1 Å². The van der Waals surface area contributed by atoms with Gasteiger partial charge in [-0.25, -0.2) is 0 Å². The van der Waals surface area contributed by atoms with Crippen molar-refractivity contribution in [1.29, 1.82) is 0 Å². The minimum Gasteiger partial charge on any atom is -0.865 e. The third-order valence-electron chi connectivity index (χ3n) is 3.57. The Balaban J connectivity index is 1.96. The molecule has 0 atom stereocenters. The fourth-order valence-corrected chi connectivity index (χ4v) is 2.38. The molecule has 0 unspecified atom stereocenters. The van der Waals surface area contributed by atoms with E-state index in [-0.39, 0.29) is 22.4 Å². The number of nitro groups is 1. The summed E-state index contributed by atoms with van der Waals surface area (Å²) in [4.78, 5) is 34.5. The first-order valence-electron chi connectivity index (χ1n) is 6.99. The van der Waals surface area contributed by atoms with Crippen LogP contribution >= 0.6 is 0 Å². The maximum Gasteiger partial charge on any atom is 0.282 e. The Morgan fingerprint density at radius 1 is 1.16 bits per heavy atom. The Morgan fingerprint density at radius 2 is 1.76 bits per heavy atom. The Morgan fingerprint density at radius 3 is 2.28 bits per heavy atom. The van der Waals surface area contributed by atoms with Crippen LogP contribution in [0.4, 0.5) is 5.69 Å². The normalized spacial score (nSPS) is 13.4. The molecular formula is C16H10N3O6-. The zero-order chi connectivity index (χ0) is 18.1. The van der Waals surface area contributed by atoms with Crippen LogP contribution in [0.3, 0.4) is 0 Å². The van der Waals surface area contributed by atoms with Crippen molar-refractivity contribution in [3.63, 3.8) is 0 Å². The van der Waals surface area contributed by atoms with Crippen molar-refractivity contribution in [3.05, 3.63) is 63.2 Å². The number of ether oxygens (including phenoxy) is 1. The van der Waals surface area contributed by atoms with Crippen LogP contribution in [-0.2, 0) is 0 Å². The van der Waals surface area contributed by atoms with Crippen molar-refractivity contribution in [1.82, 2.24) is 5.01 Å². The molecule has 2 amide bonds. The maximum atomic E-state index is 12.2. The fourth-order valence-electron chi connectivity index (χ4n) is 2.38. The van der Waals surface area contributed by atoms with Gasteiger partial charge >= 0.3 is 0 Å². The quantitative estimate of drug-likeness (QED) is 0.357. The Bertz CT molecular complexity index is 902. The van der Waals surface area contributed by atoms with E-state index in [9.17, 15) is 24.8 Å². The van der Waals surface area contributed by atoms with Gasteiger partial charge in [0.25, 0.3) is 17.5 Å². The van der Waals surface area contributed by atoms with Gasteiger partial charge in [0.2, 0.25) is 0 Å². The molecule has 0 saturated heterocycles. The highest BCUT2D eigenvalue weighted by Crippen LogP contribution is 2.34. The molecule has 2 aromatic rings. The highest BCUT2D eigenvalue weighted by atomic mass is 16.6. The molecule has 9 nitrogen and oxygen atoms in total. The van der Waals surface area contributed by atoms with E-state index in [0.29, 0.717) is 5.01 Å². The standard InChI is InChI=1S/C16H11N3O6/c1-25-13-7-9(6-12(14(13)20)19(23)24)8-17-18-15(21)10-4-2-3-5-11(10)16(18)22/h2-8,20H,1H3/p-1/b17-8-. The van der Waals surface area contributed by atoms with Gasteiger partial charge in [0.05, 0.1) is 29.4 Å². The average molecular weight is 340 g/mol. The second-order valence-corrected chi connectivity index (χ2v) is 5.04. The number of carbonyl (C=O) groups excluding carboxylic acids is 2. The Labute approximate surface area is 140 Å². The lowest BCUT2D eigenvalue weighted by atomic mass is 10.1. The molecule has 2 aromatic carbocycles. The van der Waals surface area contributed by atoms with Crippen molar-refractivity contribution < 1.29 is 24.4 Å². The molecule has 1 aliphatic heterocycles. The van der Waals surface area contributed by atoms with Gasteiger partial charge in [-0.3, -0.25) is 19.7 Å². The largest absolute Gasteiger partial charge is 0.865 e. The lowest BCUT2D eigenvalue weighted by Gasteiger charge is -2.13. The van der Waals surface area contributed by atoms with Gasteiger partial charge in [0.1, 0.15) is 5.75 Å². The van der Waals surface area contributed by atoms with E-state index in [1.54, 1.807) is 12.1 Å². The Kier molecular flexibility index (Phi) is 3.89. The number of rotatable bonds is 4. The first-order valence-corrected chi connectivity index (χ1v) is 6.99. The van der Waals surface area contributed by atoms with Crippen molar-refractivity contribution in [2.75, 3.05) is 7.11 Å². The first kappa shape index (κ1) is 16.1. The summed E-state index contributed by atoms with van der Waals surface area (Å²) in [6.07, 6.45) is 1.08.